The average molecular weight is 696 g/mol. The van der Waals surface area contributed by atoms with Crippen molar-refractivity contribution in [1.82, 2.24) is 4.90 Å². The molecule has 18 heteroatoms. The maximum atomic E-state index is 14.9. The van der Waals surface area contributed by atoms with Crippen LogP contribution in [0.5, 0.6) is 0 Å². The second-order valence-corrected chi connectivity index (χ2v) is 15.8. The Hall–Kier alpha value is -2.89. The first kappa shape index (κ1) is 33.5. The summed E-state index contributed by atoms with van der Waals surface area (Å²) >= 11 is 0. The molecule has 1 amide bonds. The van der Waals surface area contributed by atoms with Gasteiger partial charge in [0.25, 0.3) is 0 Å². The largest absolute Gasteiger partial charge is 0.435 e. The van der Waals surface area contributed by atoms with Gasteiger partial charge in [-0.1, -0.05) is 18.2 Å². The number of nitrogens with zero attached hydrogens (tertiary/aromatic N) is 1. The van der Waals surface area contributed by atoms with Crippen LogP contribution in [0.3, 0.4) is 0 Å². The first-order chi connectivity index (χ1) is 20.5. The summed E-state index contributed by atoms with van der Waals surface area (Å²) in [5, 5.41) is 0. The molecule has 2 aromatic carbocycles. The molecule has 248 valence electrons. The van der Waals surface area contributed by atoms with Gasteiger partial charge in [-0.25, -0.2) is 21.2 Å². The lowest BCUT2D eigenvalue weighted by molar-refractivity contribution is -0.348. The van der Waals surface area contributed by atoms with Crippen molar-refractivity contribution in [1.29, 1.82) is 0 Å². The van der Waals surface area contributed by atoms with E-state index in [2.05, 4.69) is 0 Å². The zero-order valence-electron chi connectivity index (χ0n) is 22.7. The molecule has 5 rings (SSSR count). The van der Waals surface area contributed by atoms with Crippen LogP contribution < -0.4 is 0 Å². The minimum Gasteiger partial charge on any atom is -0.337 e. The second kappa shape index (κ2) is 10.3. The van der Waals surface area contributed by atoms with Crippen LogP contribution in [-0.4, -0.2) is 64.1 Å². The SMILES string of the molecule is O=C(C1CCS(=O)(=O)C1)N1CCC2(S(=O)(=O)c3ccc(C(F)(F)F)cc3)c3ccc(C(F)(C(F)(F)F)C(F)(F)F)cc3CCC12. The van der Waals surface area contributed by atoms with Crippen molar-refractivity contribution in [2.45, 2.75) is 65.6 Å². The molecule has 3 aliphatic rings. The van der Waals surface area contributed by atoms with Crippen molar-refractivity contribution in [2.24, 2.45) is 5.92 Å². The number of hydrogen-bond donors (Lipinski definition) is 0. The van der Waals surface area contributed by atoms with Crippen LogP contribution in [0.1, 0.15) is 41.5 Å². The Bertz CT molecular complexity index is 1720. The number of likely N-dealkylation sites (tertiary alicyclic amines) is 1. The van der Waals surface area contributed by atoms with Crippen LogP contribution in [-0.2, 0) is 47.5 Å². The zero-order valence-corrected chi connectivity index (χ0v) is 24.4. The maximum absolute atomic E-state index is 14.9. The number of fused-ring (bicyclic) bond motifs is 3. The Morgan fingerprint density at radius 3 is 1.93 bits per heavy atom. The number of halogens is 10. The highest BCUT2D eigenvalue weighted by atomic mass is 32.2. The Morgan fingerprint density at radius 1 is 0.844 bits per heavy atom. The van der Waals surface area contributed by atoms with E-state index in [4.69, 9.17) is 0 Å². The Morgan fingerprint density at radius 2 is 1.42 bits per heavy atom. The molecule has 0 radical (unpaired) electrons. The zero-order chi connectivity index (χ0) is 33.6. The van der Waals surface area contributed by atoms with E-state index in [1.54, 1.807) is 0 Å². The molecule has 2 aromatic rings. The molecular weight excluding hydrogens is 672 g/mol. The Balaban J connectivity index is 1.68. The molecular formula is C27H23F10NO5S2. The molecule has 2 aliphatic heterocycles. The average Bonchev–Trinajstić information content (AvgIpc) is 3.51. The molecule has 45 heavy (non-hydrogen) atoms. The molecule has 2 fully saturated rings. The summed E-state index contributed by atoms with van der Waals surface area (Å²) in [7, 11) is -8.44. The van der Waals surface area contributed by atoms with Crippen molar-refractivity contribution < 1.29 is 65.5 Å². The third kappa shape index (κ3) is 5.09. The van der Waals surface area contributed by atoms with Gasteiger partial charge >= 0.3 is 24.2 Å². The first-order valence-corrected chi connectivity index (χ1v) is 16.7. The van der Waals surface area contributed by atoms with Gasteiger partial charge in [0.05, 0.1) is 33.9 Å². The third-order valence-electron chi connectivity index (χ3n) is 8.90. The van der Waals surface area contributed by atoms with Crippen molar-refractivity contribution in [3.63, 3.8) is 0 Å². The minimum atomic E-state index is -6.45. The van der Waals surface area contributed by atoms with Crippen LogP contribution in [0.2, 0.25) is 0 Å². The molecule has 0 aromatic heterocycles. The lowest BCUT2D eigenvalue weighted by atomic mass is 9.76. The molecule has 3 unspecified atom stereocenters. The fourth-order valence-corrected chi connectivity index (χ4v) is 10.9. The van der Waals surface area contributed by atoms with E-state index >= 15 is 0 Å². The lowest BCUT2D eigenvalue weighted by Gasteiger charge is -2.43. The number of hydrogen-bond acceptors (Lipinski definition) is 5. The minimum absolute atomic E-state index is 0.0591. The number of alkyl halides is 10. The smallest absolute Gasteiger partial charge is 0.337 e. The second-order valence-electron chi connectivity index (χ2n) is 11.4. The highest BCUT2D eigenvalue weighted by molar-refractivity contribution is 7.92. The van der Waals surface area contributed by atoms with Crippen LogP contribution in [0.4, 0.5) is 43.9 Å². The third-order valence-corrected chi connectivity index (χ3v) is 13.2. The molecule has 1 aliphatic carbocycles. The van der Waals surface area contributed by atoms with Crippen LogP contribution in [0, 0.1) is 5.92 Å². The van der Waals surface area contributed by atoms with Crippen molar-refractivity contribution in [2.75, 3.05) is 18.1 Å². The van der Waals surface area contributed by atoms with Crippen molar-refractivity contribution in [3.05, 3.63) is 64.7 Å². The van der Waals surface area contributed by atoms with Crippen molar-refractivity contribution in [3.8, 4) is 0 Å². The van der Waals surface area contributed by atoms with Gasteiger partial charge in [0.2, 0.25) is 5.91 Å². The highest BCUT2D eigenvalue weighted by Crippen LogP contribution is 2.57. The molecule has 0 saturated carbocycles. The van der Waals surface area contributed by atoms with Gasteiger partial charge in [-0.2, -0.15) is 39.5 Å². The summed E-state index contributed by atoms with van der Waals surface area (Å²) in [5.41, 5.74) is -9.56. The first-order valence-electron chi connectivity index (χ1n) is 13.4. The number of aryl methyl sites for hydroxylation is 1. The summed E-state index contributed by atoms with van der Waals surface area (Å²) in [5.74, 6) is -2.57. The van der Waals surface area contributed by atoms with Gasteiger partial charge in [-0.15, -0.1) is 0 Å². The molecule has 6 nitrogen and oxygen atoms in total. The summed E-state index contributed by atoms with van der Waals surface area (Å²) in [6, 6.07) is 2.02. The summed E-state index contributed by atoms with van der Waals surface area (Å²) in [4.78, 5) is 14.0. The fourth-order valence-electron chi connectivity index (χ4n) is 6.75. The topological polar surface area (TPSA) is 88.6 Å². The lowest BCUT2D eigenvalue weighted by Crippen LogP contribution is -2.53. The van der Waals surface area contributed by atoms with Crippen LogP contribution in [0.15, 0.2) is 47.4 Å². The van der Waals surface area contributed by atoms with Gasteiger partial charge in [-0.05, 0) is 61.1 Å². The summed E-state index contributed by atoms with van der Waals surface area (Å²) < 4.78 is 186. The number of carbonyl (C=O) groups is 1. The number of benzene rings is 2. The van der Waals surface area contributed by atoms with Gasteiger partial charge < -0.3 is 4.90 Å². The van der Waals surface area contributed by atoms with E-state index in [-0.39, 0.29) is 48.4 Å². The van der Waals surface area contributed by atoms with Crippen LogP contribution in [0.25, 0.3) is 0 Å². The summed E-state index contributed by atoms with van der Waals surface area (Å²) in [6.45, 7) is -0.320. The normalized spacial score (nSPS) is 25.6. The summed E-state index contributed by atoms with van der Waals surface area (Å²) in [6.07, 6.45) is -19.0. The monoisotopic (exact) mass is 695 g/mol. The van der Waals surface area contributed by atoms with Crippen LogP contribution >= 0.6 is 0 Å². The number of sulfone groups is 2. The Kier molecular flexibility index (Phi) is 7.67. The number of amides is 1. The molecule has 0 bridgehead atoms. The maximum Gasteiger partial charge on any atom is 0.435 e. The standard InChI is InChI=1S/C27H23F10NO5S2/c28-24(26(32,33)34,27(35,36)37)18-4-7-20-15(13-18)1-8-21-23(20,10-11-38(21)22(39)16-9-12-44(40,41)14-16)45(42,43)19-5-2-17(3-6-19)25(29,30)31/h2-7,13,16,21H,1,8-12,14H2. The number of rotatable bonds is 4. The Labute approximate surface area is 250 Å². The molecule has 0 spiro atoms. The van der Waals surface area contributed by atoms with E-state index in [9.17, 15) is 65.5 Å². The van der Waals surface area contributed by atoms with Crippen molar-refractivity contribution >= 4 is 25.6 Å². The number of carbonyl (C=O) groups excluding carboxylic acids is 1. The predicted octanol–water partition coefficient (Wildman–Crippen LogP) is 5.65. The van der Waals surface area contributed by atoms with E-state index < -0.39 is 101 Å². The molecule has 2 saturated heterocycles. The van der Waals surface area contributed by atoms with E-state index in [1.165, 1.54) is 0 Å². The van der Waals surface area contributed by atoms with Gasteiger partial charge in [0.15, 0.2) is 19.7 Å². The van der Waals surface area contributed by atoms with E-state index in [0.29, 0.717) is 30.3 Å². The molecule has 2 heterocycles. The predicted molar refractivity (Wildman–Crippen MR) is 137 cm³/mol. The fraction of sp³-hybridized carbons (Fsp3) is 0.519. The van der Waals surface area contributed by atoms with Gasteiger partial charge in [0, 0.05) is 12.1 Å². The van der Waals surface area contributed by atoms with Gasteiger partial charge in [-0.3, -0.25) is 4.79 Å². The molecule has 3 atom stereocenters. The van der Waals surface area contributed by atoms with Gasteiger partial charge in [0.1, 0.15) is 4.75 Å². The molecule has 0 N–H and O–H groups in total. The quantitative estimate of drug-likeness (QED) is 0.387. The highest BCUT2D eigenvalue weighted by Gasteiger charge is 2.74. The van der Waals surface area contributed by atoms with E-state index in [1.807, 2.05) is 0 Å². The van der Waals surface area contributed by atoms with E-state index in [0.717, 1.165) is 4.90 Å².